The lowest BCUT2D eigenvalue weighted by Gasteiger charge is -2.16. The Kier molecular flexibility index (Phi) is 6.87. The Morgan fingerprint density at radius 3 is 2.88 bits per heavy atom. The van der Waals surface area contributed by atoms with Gasteiger partial charge in [0.05, 0.1) is 20.1 Å². The van der Waals surface area contributed by atoms with Crippen LogP contribution in [0.2, 0.25) is 0 Å². The topological polar surface area (TPSA) is 65.0 Å². The number of ether oxygens (including phenoxy) is 3. The first kappa shape index (κ1) is 22.7. The van der Waals surface area contributed by atoms with Crippen molar-refractivity contribution in [2.75, 3.05) is 13.7 Å². The molecule has 0 amide bonds. The van der Waals surface area contributed by atoms with Crippen LogP contribution in [0.25, 0.3) is 5.57 Å². The molecule has 2 aromatic carbocycles. The average Bonchev–Trinajstić information content (AvgIpc) is 3.21. The summed E-state index contributed by atoms with van der Waals surface area (Å²) >= 11 is 0. The molecular weight excluding hydrogens is 416 g/mol. The number of aliphatic hydroxyl groups excluding tert-OH is 1. The highest BCUT2D eigenvalue weighted by molar-refractivity contribution is 5.72. The fraction of sp³-hybridized carbons (Fsp3) is 0.321. The number of hydrogen-bond donors (Lipinski definition) is 1. The molecule has 0 radical (unpaired) electrons. The van der Waals surface area contributed by atoms with E-state index in [1.54, 1.807) is 0 Å². The fourth-order valence-electron chi connectivity index (χ4n) is 4.39. The van der Waals surface area contributed by atoms with E-state index in [0.717, 1.165) is 58.6 Å². The van der Waals surface area contributed by atoms with E-state index >= 15 is 0 Å². The molecule has 5 heteroatoms. The van der Waals surface area contributed by atoms with Gasteiger partial charge >= 0.3 is 5.97 Å². The molecule has 0 saturated carbocycles. The third-order valence-corrected chi connectivity index (χ3v) is 6.28. The van der Waals surface area contributed by atoms with Gasteiger partial charge in [0.15, 0.2) is 0 Å². The predicted octanol–water partition coefficient (Wildman–Crippen LogP) is 6.26. The number of rotatable bonds is 6. The molecule has 0 aromatic heterocycles. The summed E-state index contributed by atoms with van der Waals surface area (Å²) in [5.41, 5.74) is 6.32. The van der Waals surface area contributed by atoms with E-state index in [0.29, 0.717) is 19.6 Å². The van der Waals surface area contributed by atoms with Crippen LogP contribution in [0.1, 0.15) is 55.2 Å². The number of allylic oxidation sites excluding steroid dienone is 4. The molecule has 1 aliphatic heterocycles. The van der Waals surface area contributed by atoms with Gasteiger partial charge in [0.2, 0.25) is 0 Å². The van der Waals surface area contributed by atoms with Crippen LogP contribution in [0.5, 0.6) is 11.5 Å². The Bertz CT molecular complexity index is 1120. The first-order valence-electron chi connectivity index (χ1n) is 11.3. The molecule has 1 atom stereocenters. The number of hydrogen-bond acceptors (Lipinski definition) is 5. The Balaban J connectivity index is 1.46. The second kappa shape index (κ2) is 9.99. The van der Waals surface area contributed by atoms with Gasteiger partial charge in [0.25, 0.3) is 0 Å². The first-order valence-corrected chi connectivity index (χ1v) is 11.3. The molecule has 2 aromatic rings. The van der Waals surface area contributed by atoms with Crippen molar-refractivity contribution in [3.8, 4) is 11.5 Å². The summed E-state index contributed by atoms with van der Waals surface area (Å²) in [5, 5.41) is 10.2. The van der Waals surface area contributed by atoms with E-state index in [1.807, 2.05) is 43.3 Å². The molecule has 0 saturated heterocycles. The Labute approximate surface area is 195 Å². The molecule has 33 heavy (non-hydrogen) atoms. The van der Waals surface area contributed by atoms with Crippen molar-refractivity contribution in [2.24, 2.45) is 0 Å². The maximum Gasteiger partial charge on any atom is 0.306 e. The third-order valence-electron chi connectivity index (χ3n) is 6.28. The minimum atomic E-state index is -0.234. The minimum absolute atomic E-state index is 0.0177. The second-order valence-corrected chi connectivity index (χ2v) is 8.63. The lowest BCUT2D eigenvalue weighted by molar-refractivity contribution is -0.141. The van der Waals surface area contributed by atoms with Gasteiger partial charge in [-0.25, -0.2) is 0 Å². The molecule has 4 rings (SSSR count). The number of esters is 1. The van der Waals surface area contributed by atoms with Crippen LogP contribution < -0.4 is 9.47 Å². The summed E-state index contributed by atoms with van der Waals surface area (Å²) in [6.07, 6.45) is 4.82. The van der Waals surface area contributed by atoms with Gasteiger partial charge in [-0.2, -0.15) is 0 Å². The van der Waals surface area contributed by atoms with Gasteiger partial charge in [0, 0.05) is 17.5 Å². The van der Waals surface area contributed by atoms with Gasteiger partial charge in [0.1, 0.15) is 23.9 Å². The first-order chi connectivity index (χ1) is 15.9. The van der Waals surface area contributed by atoms with Crippen LogP contribution in [-0.4, -0.2) is 24.8 Å². The van der Waals surface area contributed by atoms with Gasteiger partial charge in [-0.3, -0.25) is 4.79 Å². The molecule has 2 aliphatic rings. The quantitative estimate of drug-likeness (QED) is 0.531. The van der Waals surface area contributed by atoms with Crippen molar-refractivity contribution < 1.29 is 24.1 Å². The van der Waals surface area contributed by atoms with E-state index in [4.69, 9.17) is 14.2 Å². The zero-order valence-corrected chi connectivity index (χ0v) is 19.2. The van der Waals surface area contributed by atoms with Gasteiger partial charge in [-0.15, -0.1) is 0 Å². The van der Waals surface area contributed by atoms with Crippen LogP contribution in [0.15, 0.2) is 72.0 Å². The normalized spacial score (nSPS) is 21.8. The van der Waals surface area contributed by atoms with Crippen LogP contribution >= 0.6 is 0 Å². The lowest BCUT2D eigenvalue weighted by Crippen LogP contribution is -2.09. The van der Waals surface area contributed by atoms with Gasteiger partial charge in [-0.05, 0) is 72.2 Å². The van der Waals surface area contributed by atoms with E-state index in [9.17, 15) is 9.90 Å². The van der Waals surface area contributed by atoms with E-state index < -0.39 is 0 Å². The van der Waals surface area contributed by atoms with Gasteiger partial charge < -0.3 is 19.3 Å². The summed E-state index contributed by atoms with van der Waals surface area (Å²) in [5.74, 6) is 1.55. The van der Waals surface area contributed by atoms with Crippen molar-refractivity contribution in [3.63, 3.8) is 0 Å². The number of benzene rings is 2. The molecule has 0 spiro atoms. The summed E-state index contributed by atoms with van der Waals surface area (Å²) in [6, 6.07) is 14.1. The van der Waals surface area contributed by atoms with Crippen molar-refractivity contribution >= 4 is 11.5 Å². The van der Waals surface area contributed by atoms with Crippen LogP contribution in [0, 0.1) is 0 Å². The summed E-state index contributed by atoms with van der Waals surface area (Å²) in [7, 11) is 1.40. The van der Waals surface area contributed by atoms with Crippen LogP contribution in [-0.2, 0) is 16.1 Å². The zero-order valence-electron chi connectivity index (χ0n) is 19.2. The molecule has 172 valence electrons. The van der Waals surface area contributed by atoms with E-state index in [1.165, 1.54) is 12.7 Å². The Hall–Kier alpha value is -3.47. The molecule has 0 bridgehead atoms. The van der Waals surface area contributed by atoms with E-state index in [2.05, 4.69) is 18.7 Å². The average molecular weight is 447 g/mol. The Morgan fingerprint density at radius 2 is 2.06 bits per heavy atom. The summed E-state index contributed by atoms with van der Waals surface area (Å²) in [6.45, 7) is 6.89. The molecule has 0 unspecified atom stereocenters. The largest absolute Gasteiger partial charge is 0.508 e. The molecule has 1 N–H and O–H groups in total. The monoisotopic (exact) mass is 446 g/mol. The summed E-state index contributed by atoms with van der Waals surface area (Å²) in [4.78, 5) is 11.6. The fourth-order valence-corrected chi connectivity index (χ4v) is 4.39. The van der Waals surface area contributed by atoms with Crippen molar-refractivity contribution in [1.82, 2.24) is 0 Å². The highest BCUT2D eigenvalue weighted by Crippen LogP contribution is 2.38. The van der Waals surface area contributed by atoms with Crippen molar-refractivity contribution in [2.45, 2.75) is 45.1 Å². The number of aliphatic hydroxyl groups is 1. The van der Waals surface area contributed by atoms with Crippen LogP contribution in [0.3, 0.4) is 0 Å². The standard InChI is InChI=1S/C28H30O5/c1-18-6-4-9-24(19(2)12-26(18)29)21-8-5-7-20(13-21)16-32-23-10-11-25-22(14-28(30)31-3)17-33-27(25)15-23/h5,7-8,10-13,15,22,29H,1,4,6,9,14,16-17H2,2-3H3/b24-19+,26-12+/t22-/m1/s1. The lowest BCUT2D eigenvalue weighted by atomic mass is 9.90. The molecule has 0 fully saturated rings. The smallest absolute Gasteiger partial charge is 0.306 e. The Morgan fingerprint density at radius 1 is 1.21 bits per heavy atom. The van der Waals surface area contributed by atoms with Crippen molar-refractivity contribution in [3.05, 3.63) is 88.7 Å². The SMILES string of the molecule is C=C1CCC/C(c2cccc(COc3ccc4c(c3)OC[C@H]4CC(=O)OC)c2)=C(C)\C=C/1O. The number of carbonyl (C=O) groups excluding carboxylic acids is 1. The number of carbonyl (C=O) groups is 1. The summed E-state index contributed by atoms with van der Waals surface area (Å²) < 4.78 is 16.6. The molecule has 1 heterocycles. The molecular formula is C28H30O5. The number of fused-ring (bicyclic) bond motifs is 1. The van der Waals surface area contributed by atoms with Crippen molar-refractivity contribution in [1.29, 1.82) is 0 Å². The second-order valence-electron chi connectivity index (χ2n) is 8.63. The van der Waals surface area contributed by atoms with Crippen LogP contribution in [0.4, 0.5) is 0 Å². The highest BCUT2D eigenvalue weighted by Gasteiger charge is 2.27. The van der Waals surface area contributed by atoms with E-state index in [-0.39, 0.29) is 17.6 Å². The maximum atomic E-state index is 11.6. The predicted molar refractivity (Wildman–Crippen MR) is 128 cm³/mol. The highest BCUT2D eigenvalue weighted by atomic mass is 16.5. The maximum absolute atomic E-state index is 11.6. The zero-order chi connectivity index (χ0) is 23.4. The number of methoxy groups -OCH3 is 1. The third kappa shape index (κ3) is 5.30. The molecule has 5 nitrogen and oxygen atoms in total. The van der Waals surface area contributed by atoms with Gasteiger partial charge in [-0.1, -0.05) is 30.8 Å². The molecule has 1 aliphatic carbocycles. The minimum Gasteiger partial charge on any atom is -0.508 e.